The predicted molar refractivity (Wildman–Crippen MR) is 45.7 cm³/mol. The maximum Gasteiger partial charge on any atom is 0.221 e. The van der Waals surface area contributed by atoms with Gasteiger partial charge in [-0.2, -0.15) is 0 Å². The van der Waals surface area contributed by atoms with Crippen molar-refractivity contribution in [1.29, 1.82) is 0 Å². The Morgan fingerprint density at radius 1 is 1.64 bits per heavy atom. The summed E-state index contributed by atoms with van der Waals surface area (Å²) in [5.74, 6) is 5.34. The lowest BCUT2D eigenvalue weighted by molar-refractivity contribution is -0.121. The molecule has 0 aromatic carbocycles. The number of amides is 1. The van der Waals surface area contributed by atoms with Crippen LogP contribution >= 0.6 is 0 Å². The number of carbonyl (C=O) groups excluding carboxylic acids is 1. The van der Waals surface area contributed by atoms with Crippen LogP contribution in [-0.2, 0) is 4.79 Å². The van der Waals surface area contributed by atoms with E-state index in [9.17, 15) is 4.79 Å². The summed E-state index contributed by atoms with van der Waals surface area (Å²) in [7, 11) is 0. The molecular weight excluding hydrogens is 138 g/mol. The molecule has 0 unspecified atom stereocenters. The summed E-state index contributed by atoms with van der Waals surface area (Å²) in [6.45, 7) is 3.80. The molecular formula is C9H15NO. The van der Waals surface area contributed by atoms with E-state index in [1.807, 2.05) is 6.92 Å². The Morgan fingerprint density at radius 2 is 2.27 bits per heavy atom. The van der Waals surface area contributed by atoms with Gasteiger partial charge in [0.1, 0.15) is 0 Å². The third-order valence-corrected chi connectivity index (χ3v) is 1.56. The van der Waals surface area contributed by atoms with Crippen LogP contribution in [0.5, 0.6) is 0 Å². The third-order valence-electron chi connectivity index (χ3n) is 1.56. The first-order valence-corrected chi connectivity index (χ1v) is 3.91. The minimum Gasteiger partial charge on any atom is -0.369 e. The van der Waals surface area contributed by atoms with Gasteiger partial charge in [-0.25, -0.2) is 0 Å². The van der Waals surface area contributed by atoms with E-state index < -0.39 is 0 Å². The van der Waals surface area contributed by atoms with E-state index >= 15 is 0 Å². The number of primary amides is 1. The molecule has 0 aromatic rings. The fourth-order valence-electron chi connectivity index (χ4n) is 0.919. The smallest absolute Gasteiger partial charge is 0.221 e. The number of hydrogen-bond acceptors (Lipinski definition) is 1. The zero-order chi connectivity index (χ0) is 8.69. The second kappa shape index (κ2) is 5.79. The largest absolute Gasteiger partial charge is 0.369 e. The highest BCUT2D eigenvalue weighted by Gasteiger charge is 2.11. The molecule has 0 radical (unpaired) electrons. The Labute approximate surface area is 68.2 Å². The monoisotopic (exact) mass is 153 g/mol. The van der Waals surface area contributed by atoms with Gasteiger partial charge in [-0.1, -0.05) is 13.3 Å². The van der Waals surface area contributed by atoms with Gasteiger partial charge in [0.05, 0.1) is 0 Å². The minimum absolute atomic E-state index is 0.0487. The van der Waals surface area contributed by atoms with Gasteiger partial charge in [-0.05, 0) is 13.3 Å². The van der Waals surface area contributed by atoms with Crippen LogP contribution in [0.15, 0.2) is 0 Å². The van der Waals surface area contributed by atoms with Crippen LogP contribution in [0.25, 0.3) is 0 Å². The number of rotatable bonds is 4. The Bertz CT molecular complexity index is 176. The summed E-state index contributed by atoms with van der Waals surface area (Å²) < 4.78 is 0. The van der Waals surface area contributed by atoms with Gasteiger partial charge in [-0.15, -0.1) is 11.8 Å². The molecule has 0 saturated carbocycles. The number of carbonyl (C=O) groups is 1. The molecule has 2 nitrogen and oxygen atoms in total. The molecule has 0 aliphatic heterocycles. The number of nitrogens with two attached hydrogens (primary N) is 1. The van der Waals surface area contributed by atoms with Gasteiger partial charge in [-0.3, -0.25) is 4.79 Å². The molecule has 2 heteroatoms. The molecule has 0 aromatic heterocycles. The second-order valence-electron chi connectivity index (χ2n) is 2.52. The Balaban J connectivity index is 3.85. The maximum atomic E-state index is 10.7. The van der Waals surface area contributed by atoms with Gasteiger partial charge < -0.3 is 5.73 Å². The van der Waals surface area contributed by atoms with E-state index in [0.29, 0.717) is 6.42 Å². The van der Waals surface area contributed by atoms with E-state index in [1.165, 1.54) is 0 Å². The average molecular weight is 153 g/mol. The lowest BCUT2D eigenvalue weighted by Crippen LogP contribution is -2.22. The number of hydrogen-bond donors (Lipinski definition) is 1. The molecule has 2 N–H and O–H groups in total. The molecule has 0 aliphatic rings. The maximum absolute atomic E-state index is 10.7. The van der Waals surface area contributed by atoms with E-state index in [-0.39, 0.29) is 11.8 Å². The van der Waals surface area contributed by atoms with Crippen molar-refractivity contribution < 1.29 is 4.79 Å². The van der Waals surface area contributed by atoms with Crippen molar-refractivity contribution in [1.82, 2.24) is 0 Å². The van der Waals surface area contributed by atoms with Crippen molar-refractivity contribution in [3.05, 3.63) is 0 Å². The van der Waals surface area contributed by atoms with Crippen LogP contribution < -0.4 is 5.73 Å². The van der Waals surface area contributed by atoms with Crippen LogP contribution in [0.2, 0.25) is 0 Å². The standard InChI is InChI=1S/C9H15NO/c1-3-5-7-8(6-4-2)9(10)11/h8H,4,6-7H2,1-2H3,(H2,10,11)/t8-/m1/s1. The van der Waals surface area contributed by atoms with Gasteiger partial charge in [0.15, 0.2) is 0 Å². The Hall–Kier alpha value is -0.970. The van der Waals surface area contributed by atoms with E-state index in [4.69, 9.17) is 5.73 Å². The van der Waals surface area contributed by atoms with Crippen molar-refractivity contribution in [2.45, 2.75) is 33.1 Å². The molecule has 0 bridgehead atoms. The van der Waals surface area contributed by atoms with E-state index in [2.05, 4.69) is 11.8 Å². The average Bonchev–Trinajstić information content (AvgIpc) is 1.97. The van der Waals surface area contributed by atoms with Crippen LogP contribution in [0, 0.1) is 17.8 Å². The molecule has 0 fully saturated rings. The van der Waals surface area contributed by atoms with Crippen molar-refractivity contribution >= 4 is 5.91 Å². The van der Waals surface area contributed by atoms with Crippen molar-refractivity contribution in [2.75, 3.05) is 0 Å². The Morgan fingerprint density at radius 3 is 2.64 bits per heavy atom. The van der Waals surface area contributed by atoms with Gasteiger partial charge in [0.2, 0.25) is 5.91 Å². The molecule has 0 saturated heterocycles. The second-order valence-corrected chi connectivity index (χ2v) is 2.52. The molecule has 0 rings (SSSR count). The normalized spacial score (nSPS) is 11.5. The molecule has 0 aliphatic carbocycles. The predicted octanol–water partition coefficient (Wildman–Crippen LogP) is 1.30. The van der Waals surface area contributed by atoms with Crippen molar-refractivity contribution in [3.63, 3.8) is 0 Å². The lowest BCUT2D eigenvalue weighted by atomic mass is 10.00. The van der Waals surface area contributed by atoms with Crippen LogP contribution in [-0.4, -0.2) is 5.91 Å². The fourth-order valence-corrected chi connectivity index (χ4v) is 0.919. The minimum atomic E-state index is -0.227. The topological polar surface area (TPSA) is 43.1 Å². The molecule has 62 valence electrons. The van der Waals surface area contributed by atoms with Crippen LogP contribution in [0.1, 0.15) is 33.1 Å². The Kier molecular flexibility index (Phi) is 5.28. The molecule has 0 heterocycles. The zero-order valence-electron chi connectivity index (χ0n) is 7.18. The van der Waals surface area contributed by atoms with Crippen LogP contribution in [0.3, 0.4) is 0 Å². The highest BCUT2D eigenvalue weighted by Crippen LogP contribution is 2.08. The highest BCUT2D eigenvalue weighted by atomic mass is 16.1. The third kappa shape index (κ3) is 4.44. The fraction of sp³-hybridized carbons (Fsp3) is 0.667. The first-order valence-electron chi connectivity index (χ1n) is 3.91. The summed E-state index contributed by atoms with van der Waals surface area (Å²) in [4.78, 5) is 10.7. The quantitative estimate of drug-likeness (QED) is 0.608. The molecule has 1 amide bonds. The van der Waals surface area contributed by atoms with E-state index in [1.54, 1.807) is 6.92 Å². The molecule has 1 atom stereocenters. The van der Waals surface area contributed by atoms with Crippen LogP contribution in [0.4, 0.5) is 0 Å². The highest BCUT2D eigenvalue weighted by molar-refractivity contribution is 5.76. The summed E-state index contributed by atoms with van der Waals surface area (Å²) in [6, 6.07) is 0. The first-order chi connectivity index (χ1) is 5.22. The SMILES string of the molecule is CC#CC[C@@H](CCC)C(N)=O. The van der Waals surface area contributed by atoms with E-state index in [0.717, 1.165) is 12.8 Å². The molecule has 0 spiro atoms. The summed E-state index contributed by atoms with van der Waals surface area (Å²) >= 11 is 0. The summed E-state index contributed by atoms with van der Waals surface area (Å²) in [5.41, 5.74) is 5.16. The van der Waals surface area contributed by atoms with Gasteiger partial charge in [0.25, 0.3) is 0 Å². The lowest BCUT2D eigenvalue weighted by Gasteiger charge is -2.06. The van der Waals surface area contributed by atoms with Gasteiger partial charge >= 0.3 is 0 Å². The molecule has 11 heavy (non-hydrogen) atoms. The van der Waals surface area contributed by atoms with Crippen molar-refractivity contribution in [3.8, 4) is 11.8 Å². The van der Waals surface area contributed by atoms with Gasteiger partial charge in [0, 0.05) is 12.3 Å². The summed E-state index contributed by atoms with van der Waals surface area (Å²) in [5, 5.41) is 0. The summed E-state index contributed by atoms with van der Waals surface area (Å²) in [6.07, 6.45) is 2.45. The van der Waals surface area contributed by atoms with Crippen molar-refractivity contribution in [2.24, 2.45) is 11.7 Å². The first kappa shape index (κ1) is 10.0. The zero-order valence-corrected chi connectivity index (χ0v) is 7.18.